The molecule has 0 atom stereocenters. The highest BCUT2D eigenvalue weighted by Crippen LogP contribution is 2.33. The van der Waals surface area contributed by atoms with Gasteiger partial charge in [-0.2, -0.15) is 0 Å². The average molecular weight is 472 g/mol. The lowest BCUT2D eigenvalue weighted by atomic mass is 10.1. The van der Waals surface area contributed by atoms with Crippen LogP contribution < -0.4 is 22.1 Å². The van der Waals surface area contributed by atoms with Gasteiger partial charge in [0.2, 0.25) is 0 Å². The lowest BCUT2D eigenvalue weighted by Gasteiger charge is -2.07. The third kappa shape index (κ3) is 4.39. The van der Waals surface area contributed by atoms with Crippen molar-refractivity contribution < 1.29 is 19.2 Å². The molecule has 0 saturated carbocycles. The molecule has 0 spiro atoms. The van der Waals surface area contributed by atoms with Gasteiger partial charge in [0, 0.05) is 16.0 Å². The summed E-state index contributed by atoms with van der Waals surface area (Å²) in [5.74, 6) is -2.28. The van der Waals surface area contributed by atoms with E-state index in [0.717, 1.165) is 15.3 Å². The first-order valence-corrected chi connectivity index (χ1v) is 11.0. The predicted molar refractivity (Wildman–Crippen MR) is 125 cm³/mol. The molecule has 0 radical (unpaired) electrons. The first kappa shape index (κ1) is 23.1. The van der Waals surface area contributed by atoms with Crippen LogP contribution in [0.4, 0.5) is 10.0 Å². The molecule has 3 rings (SSSR count). The van der Waals surface area contributed by atoms with Crippen LogP contribution in [0, 0.1) is 27.7 Å². The lowest BCUT2D eigenvalue weighted by molar-refractivity contribution is 0.0989. The highest BCUT2D eigenvalue weighted by molar-refractivity contribution is 7.17. The number of hydrogen-bond donors (Lipinski definition) is 4. The fourth-order valence-corrected chi connectivity index (χ4v) is 5.15. The number of aromatic nitrogens is 1. The number of nitrogens with zero attached hydrogens (tertiary/aromatic N) is 1. The summed E-state index contributed by atoms with van der Waals surface area (Å²) in [6, 6.07) is 2.83. The number of anilines is 2. The standard InChI is InChI=1S/C21H21N5O4S2/c1-8-10(3)31-20(14(8)16(22)27)25-18(29)12-5-6-13(24-7-12)19(30)26-21-15(17(23)28)9(2)11(4)32-21/h5-7H,1-4H3,(H2,22,27)(H2,23,28)(H,25,29)(H,26,30). The third-order valence-corrected chi connectivity index (χ3v) is 7.22. The van der Waals surface area contributed by atoms with Crippen molar-refractivity contribution >= 4 is 56.3 Å². The maximum Gasteiger partial charge on any atom is 0.274 e. The van der Waals surface area contributed by atoms with Gasteiger partial charge in [-0.25, -0.2) is 0 Å². The number of nitrogens with two attached hydrogens (primary N) is 2. The van der Waals surface area contributed by atoms with E-state index in [4.69, 9.17) is 11.5 Å². The van der Waals surface area contributed by atoms with Gasteiger partial charge in [-0.15, -0.1) is 22.7 Å². The number of pyridine rings is 1. The molecular weight excluding hydrogens is 450 g/mol. The number of carbonyl (C=O) groups is 4. The van der Waals surface area contributed by atoms with E-state index in [2.05, 4.69) is 15.6 Å². The first-order chi connectivity index (χ1) is 15.0. The van der Waals surface area contributed by atoms with Crippen LogP contribution in [0.25, 0.3) is 0 Å². The number of primary amides is 2. The number of rotatable bonds is 6. The summed E-state index contributed by atoms with van der Waals surface area (Å²) >= 11 is 2.50. The van der Waals surface area contributed by atoms with Gasteiger partial charge in [0.25, 0.3) is 23.6 Å². The van der Waals surface area contributed by atoms with E-state index < -0.39 is 23.6 Å². The number of hydrogen-bond acceptors (Lipinski definition) is 7. The molecule has 0 bridgehead atoms. The Hall–Kier alpha value is -3.57. The van der Waals surface area contributed by atoms with Crippen LogP contribution in [-0.4, -0.2) is 28.6 Å². The second-order valence-electron chi connectivity index (χ2n) is 7.04. The Bertz CT molecular complexity index is 1160. The van der Waals surface area contributed by atoms with Crippen molar-refractivity contribution in [2.24, 2.45) is 11.5 Å². The zero-order valence-corrected chi connectivity index (χ0v) is 19.4. The van der Waals surface area contributed by atoms with Gasteiger partial charge in [0.05, 0.1) is 16.7 Å². The van der Waals surface area contributed by atoms with E-state index in [0.29, 0.717) is 15.6 Å². The molecule has 0 saturated heterocycles. The average Bonchev–Trinajstić information content (AvgIpc) is 3.16. The molecule has 3 aromatic heterocycles. The van der Waals surface area contributed by atoms with Crippen molar-refractivity contribution in [3.05, 3.63) is 61.6 Å². The second kappa shape index (κ2) is 8.89. The molecule has 11 heteroatoms. The first-order valence-electron chi connectivity index (χ1n) is 9.39. The molecule has 0 unspecified atom stereocenters. The number of aryl methyl sites for hydroxylation is 2. The maximum atomic E-state index is 12.6. The SMILES string of the molecule is Cc1sc(NC(=O)c2ccc(C(=O)Nc3sc(C)c(C)c3C(N)=O)nc2)c(C(N)=O)c1C. The van der Waals surface area contributed by atoms with E-state index in [1.165, 1.54) is 41.0 Å². The molecular formula is C21H21N5O4S2. The molecule has 3 heterocycles. The van der Waals surface area contributed by atoms with Gasteiger partial charge >= 0.3 is 0 Å². The molecule has 0 aromatic carbocycles. The molecule has 3 aromatic rings. The quantitative estimate of drug-likeness (QED) is 0.434. The van der Waals surface area contributed by atoms with Gasteiger partial charge < -0.3 is 22.1 Å². The molecule has 0 fully saturated rings. The molecule has 0 aliphatic rings. The van der Waals surface area contributed by atoms with Crippen molar-refractivity contribution in [3.63, 3.8) is 0 Å². The summed E-state index contributed by atoms with van der Waals surface area (Å²) in [7, 11) is 0. The van der Waals surface area contributed by atoms with Crippen molar-refractivity contribution in [2.45, 2.75) is 27.7 Å². The van der Waals surface area contributed by atoms with Crippen LogP contribution in [0.1, 0.15) is 62.4 Å². The van der Waals surface area contributed by atoms with Crippen molar-refractivity contribution in [2.75, 3.05) is 10.6 Å². The minimum Gasteiger partial charge on any atom is -0.365 e. The third-order valence-electron chi connectivity index (χ3n) is 4.98. The predicted octanol–water partition coefficient (Wildman–Crippen LogP) is 3.14. The number of amides is 4. The van der Waals surface area contributed by atoms with Crippen LogP contribution in [0.3, 0.4) is 0 Å². The molecule has 6 N–H and O–H groups in total. The zero-order valence-electron chi connectivity index (χ0n) is 17.8. The molecule has 4 amide bonds. The summed E-state index contributed by atoms with van der Waals surface area (Å²) in [5.41, 5.74) is 13.1. The topological polar surface area (TPSA) is 157 Å². The van der Waals surface area contributed by atoms with Crippen LogP contribution in [0.2, 0.25) is 0 Å². The van der Waals surface area contributed by atoms with Gasteiger partial charge in [0.15, 0.2) is 0 Å². The Morgan fingerprint density at radius 1 is 0.781 bits per heavy atom. The number of carbonyl (C=O) groups excluding carboxylic acids is 4. The summed E-state index contributed by atoms with van der Waals surface area (Å²) in [4.78, 5) is 54.4. The highest BCUT2D eigenvalue weighted by Gasteiger charge is 2.22. The maximum absolute atomic E-state index is 12.6. The van der Waals surface area contributed by atoms with Crippen molar-refractivity contribution in [1.82, 2.24) is 4.98 Å². The van der Waals surface area contributed by atoms with E-state index in [1.807, 2.05) is 13.8 Å². The smallest absolute Gasteiger partial charge is 0.274 e. The minimum atomic E-state index is -0.628. The van der Waals surface area contributed by atoms with Crippen LogP contribution >= 0.6 is 22.7 Å². The minimum absolute atomic E-state index is 0.0568. The molecule has 0 aliphatic carbocycles. The van der Waals surface area contributed by atoms with Crippen molar-refractivity contribution in [3.8, 4) is 0 Å². The lowest BCUT2D eigenvalue weighted by Crippen LogP contribution is -2.19. The highest BCUT2D eigenvalue weighted by atomic mass is 32.1. The summed E-state index contributed by atoms with van der Waals surface area (Å²) < 4.78 is 0. The van der Waals surface area contributed by atoms with Gasteiger partial charge in [0.1, 0.15) is 15.7 Å². The van der Waals surface area contributed by atoms with E-state index >= 15 is 0 Å². The molecule has 166 valence electrons. The Morgan fingerprint density at radius 3 is 1.66 bits per heavy atom. The molecule has 9 nitrogen and oxygen atoms in total. The zero-order chi connectivity index (χ0) is 23.7. The Morgan fingerprint density at radius 2 is 1.25 bits per heavy atom. The number of thiophene rings is 2. The fraction of sp³-hybridized carbons (Fsp3) is 0.190. The van der Waals surface area contributed by atoms with E-state index in [9.17, 15) is 19.2 Å². The summed E-state index contributed by atoms with van der Waals surface area (Å²) in [6.07, 6.45) is 1.25. The van der Waals surface area contributed by atoms with Crippen LogP contribution in [0.15, 0.2) is 18.3 Å². The van der Waals surface area contributed by atoms with Crippen LogP contribution in [-0.2, 0) is 0 Å². The van der Waals surface area contributed by atoms with E-state index in [-0.39, 0.29) is 22.4 Å². The normalized spacial score (nSPS) is 10.6. The Kier molecular flexibility index (Phi) is 6.42. The molecule has 32 heavy (non-hydrogen) atoms. The van der Waals surface area contributed by atoms with Crippen LogP contribution in [0.5, 0.6) is 0 Å². The fourth-order valence-electron chi connectivity index (χ4n) is 3.03. The monoisotopic (exact) mass is 471 g/mol. The summed E-state index contributed by atoms with van der Waals surface area (Å²) in [5, 5.41) is 6.04. The van der Waals surface area contributed by atoms with Gasteiger partial charge in [-0.1, -0.05) is 0 Å². The van der Waals surface area contributed by atoms with Gasteiger partial charge in [-0.05, 0) is 51.0 Å². The molecule has 0 aliphatic heterocycles. The van der Waals surface area contributed by atoms with Crippen molar-refractivity contribution in [1.29, 1.82) is 0 Å². The number of nitrogens with one attached hydrogen (secondary N) is 2. The largest absolute Gasteiger partial charge is 0.365 e. The Balaban J connectivity index is 1.77. The Labute approximate surface area is 191 Å². The summed E-state index contributed by atoms with van der Waals surface area (Å²) in [6.45, 7) is 7.18. The van der Waals surface area contributed by atoms with E-state index in [1.54, 1.807) is 13.8 Å². The van der Waals surface area contributed by atoms with Gasteiger partial charge in [-0.3, -0.25) is 24.2 Å². The second-order valence-corrected chi connectivity index (χ2v) is 9.49.